The standard InChI is InChI=1S/C31H34N4O11.C8H11N.C7H8N2O.CH3O.K/c1-14(2)45-26-20(34-29(41)16-5-7-17(8-6-16)33-23(37)13-22(36)28(32)40)11-9-18(24(26)38)30(42)35-21-12-10-19(31(43)44)25(39)27(21)46-15(3)4;9-7-6-8-4-2-1-3-5-8;8-6-3-1-5(2-4-6)7(9)10;1-2;/h5-12,14-15,22,36,38-39H,13H2,1-4H3,(H2,32,40)(H,33,37)(H,34,41)(H,35,42)(H,43,44);1-5H,6-7,9H2;1-4H,8H2,(H2,9,10);1H3;/q;;;-1;+1. The minimum Gasteiger partial charge on any atom is -0.857 e. The van der Waals surface area contributed by atoms with Gasteiger partial charge in [-0.1, -0.05) is 30.3 Å². The van der Waals surface area contributed by atoms with Gasteiger partial charge in [0.2, 0.25) is 17.7 Å². The number of carbonyl (C=O) groups excluding carboxylic acids is 5. The number of rotatable bonds is 16. The minimum absolute atomic E-state index is 0. The maximum absolute atomic E-state index is 13.3. The van der Waals surface area contributed by atoms with E-state index in [0.29, 0.717) is 11.3 Å². The fourth-order valence-corrected chi connectivity index (χ4v) is 5.44. The number of carboxylic acid groups (broad SMARTS) is 1. The average Bonchev–Trinajstić information content (AvgIpc) is 3.27. The molecule has 68 heavy (non-hydrogen) atoms. The molecule has 5 aromatic rings. The average molecular weight is 966 g/mol. The van der Waals surface area contributed by atoms with Gasteiger partial charge in [0.15, 0.2) is 23.0 Å². The van der Waals surface area contributed by atoms with Gasteiger partial charge in [-0.25, -0.2) is 4.79 Å². The Balaban J connectivity index is 0.000000857. The molecule has 358 valence electrons. The van der Waals surface area contributed by atoms with Crippen molar-refractivity contribution in [2.45, 2.75) is 58.8 Å². The number of phenols is 2. The van der Waals surface area contributed by atoms with Gasteiger partial charge in [0, 0.05) is 22.5 Å². The van der Waals surface area contributed by atoms with E-state index in [4.69, 9.17) is 37.5 Å². The van der Waals surface area contributed by atoms with E-state index < -0.39 is 77.3 Å². The maximum atomic E-state index is 13.3. The molecule has 0 saturated carbocycles. The second kappa shape index (κ2) is 29.9. The molecule has 0 aliphatic rings. The molecule has 0 heterocycles. The summed E-state index contributed by atoms with van der Waals surface area (Å²) in [6.45, 7) is 7.34. The second-order valence-corrected chi connectivity index (χ2v) is 14.5. The van der Waals surface area contributed by atoms with Crippen LogP contribution in [0.1, 0.15) is 81.1 Å². The van der Waals surface area contributed by atoms with E-state index >= 15 is 0 Å². The van der Waals surface area contributed by atoms with Gasteiger partial charge in [-0.05, 0) is 119 Å². The Hall–Kier alpha value is -6.56. The first-order valence-corrected chi connectivity index (χ1v) is 20.3. The molecular formula is C47H56KN7O13. The van der Waals surface area contributed by atoms with Crippen molar-refractivity contribution in [1.82, 2.24) is 0 Å². The number of aliphatic hydroxyl groups is 1. The number of carbonyl (C=O) groups is 6. The number of nitrogens with one attached hydrogen (secondary N) is 3. The number of nitrogens with two attached hydrogens (primary N) is 4. The molecule has 1 unspecified atom stereocenters. The molecule has 0 saturated heterocycles. The van der Waals surface area contributed by atoms with Gasteiger partial charge >= 0.3 is 57.4 Å². The van der Waals surface area contributed by atoms with Gasteiger partial charge in [0.05, 0.1) is 35.6 Å². The molecule has 0 radical (unpaired) electrons. The number of ether oxygens (including phenoxy) is 2. The summed E-state index contributed by atoms with van der Waals surface area (Å²) in [6.07, 6.45) is -2.19. The van der Waals surface area contributed by atoms with Crippen LogP contribution in [0.4, 0.5) is 22.7 Å². The molecule has 0 aromatic heterocycles. The van der Waals surface area contributed by atoms with Crippen LogP contribution in [0.5, 0.6) is 23.0 Å². The molecule has 0 spiro atoms. The van der Waals surface area contributed by atoms with Crippen molar-refractivity contribution in [2.24, 2.45) is 17.2 Å². The van der Waals surface area contributed by atoms with Crippen LogP contribution in [-0.4, -0.2) is 87.9 Å². The van der Waals surface area contributed by atoms with Crippen molar-refractivity contribution in [3.8, 4) is 23.0 Å². The second-order valence-electron chi connectivity index (χ2n) is 14.5. The molecule has 1 atom stereocenters. The zero-order chi connectivity index (χ0) is 50.4. The summed E-state index contributed by atoms with van der Waals surface area (Å²) >= 11 is 0. The van der Waals surface area contributed by atoms with E-state index in [9.17, 15) is 49.2 Å². The number of hydrogen-bond donors (Lipinski definition) is 11. The molecule has 5 rings (SSSR count). The van der Waals surface area contributed by atoms with Gasteiger partial charge in [0.25, 0.3) is 11.8 Å². The number of phenolic OH excluding ortho intramolecular Hbond substituents is 1. The number of aromatic carboxylic acids is 1. The molecular weight excluding hydrogens is 910 g/mol. The van der Waals surface area contributed by atoms with E-state index in [0.717, 1.165) is 26.1 Å². The fourth-order valence-electron chi connectivity index (χ4n) is 5.44. The van der Waals surface area contributed by atoms with Crippen molar-refractivity contribution in [3.63, 3.8) is 0 Å². The van der Waals surface area contributed by atoms with Crippen molar-refractivity contribution < 1.29 is 115 Å². The first kappa shape index (κ1) is 59.5. The zero-order valence-corrected chi connectivity index (χ0v) is 41.6. The smallest absolute Gasteiger partial charge is 0.857 e. The summed E-state index contributed by atoms with van der Waals surface area (Å²) in [5.41, 5.74) is 22.8. The Kier molecular flexibility index (Phi) is 26.2. The van der Waals surface area contributed by atoms with E-state index in [1.165, 1.54) is 48.0 Å². The number of amides is 5. The van der Waals surface area contributed by atoms with E-state index in [-0.39, 0.29) is 91.1 Å². The Morgan fingerprint density at radius 1 is 0.647 bits per heavy atom. The van der Waals surface area contributed by atoms with E-state index in [1.807, 2.05) is 18.2 Å². The molecule has 0 fully saturated rings. The number of carboxylic acids is 1. The third kappa shape index (κ3) is 19.3. The quantitative estimate of drug-likeness (QED) is 0.0476. The predicted molar refractivity (Wildman–Crippen MR) is 250 cm³/mol. The first-order chi connectivity index (χ1) is 31.7. The van der Waals surface area contributed by atoms with Crippen molar-refractivity contribution in [3.05, 3.63) is 131 Å². The van der Waals surface area contributed by atoms with Crippen LogP contribution < -0.4 is 105 Å². The topological polar surface area (TPSA) is 365 Å². The number of aliphatic hydroxyl groups excluding tert-OH is 1. The van der Waals surface area contributed by atoms with Crippen LogP contribution in [0.15, 0.2) is 103 Å². The Morgan fingerprint density at radius 3 is 1.57 bits per heavy atom. The molecule has 21 heteroatoms. The van der Waals surface area contributed by atoms with Crippen molar-refractivity contribution in [2.75, 3.05) is 35.3 Å². The van der Waals surface area contributed by atoms with Crippen molar-refractivity contribution in [1.29, 1.82) is 0 Å². The number of benzene rings is 5. The van der Waals surface area contributed by atoms with E-state index in [1.54, 1.807) is 52.0 Å². The summed E-state index contributed by atoms with van der Waals surface area (Å²) < 4.78 is 11.3. The molecule has 20 nitrogen and oxygen atoms in total. The van der Waals surface area contributed by atoms with Gasteiger partial charge in [-0.15, -0.1) is 0 Å². The normalized spacial score (nSPS) is 10.4. The van der Waals surface area contributed by atoms with Crippen molar-refractivity contribution >= 4 is 58.3 Å². The fraction of sp³-hybridized carbons (Fsp3) is 0.234. The van der Waals surface area contributed by atoms with Crippen LogP contribution in [0.3, 0.4) is 0 Å². The first-order valence-electron chi connectivity index (χ1n) is 20.3. The number of primary amides is 2. The van der Waals surface area contributed by atoms with Crippen LogP contribution in [-0.2, 0) is 16.0 Å². The van der Waals surface area contributed by atoms with Crippen LogP contribution in [0.25, 0.3) is 0 Å². The molecule has 5 aromatic carbocycles. The Morgan fingerprint density at radius 2 is 1.12 bits per heavy atom. The predicted octanol–water partition coefficient (Wildman–Crippen LogP) is 0.586. The molecule has 0 bridgehead atoms. The van der Waals surface area contributed by atoms with Crippen LogP contribution >= 0.6 is 0 Å². The summed E-state index contributed by atoms with van der Waals surface area (Å²) in [7, 11) is 0.750. The summed E-state index contributed by atoms with van der Waals surface area (Å²) in [6, 6.07) is 27.2. The molecule has 0 aliphatic heterocycles. The van der Waals surface area contributed by atoms with Crippen LogP contribution in [0, 0.1) is 0 Å². The maximum Gasteiger partial charge on any atom is 1.00 e. The van der Waals surface area contributed by atoms with Gasteiger partial charge in [-0.2, -0.15) is 7.11 Å². The molecule has 5 amide bonds. The third-order valence-electron chi connectivity index (χ3n) is 8.55. The summed E-state index contributed by atoms with van der Waals surface area (Å²) in [5.74, 6) is -6.83. The Bertz CT molecular complexity index is 2450. The molecule has 15 N–H and O–H groups in total. The number of nitrogen functional groups attached to an aromatic ring is 1. The largest absolute Gasteiger partial charge is 1.00 e. The Labute approximate surface area is 435 Å². The zero-order valence-electron chi connectivity index (χ0n) is 38.4. The van der Waals surface area contributed by atoms with Gasteiger partial charge in [0.1, 0.15) is 11.7 Å². The minimum atomic E-state index is -1.64. The number of aromatic hydroxyl groups is 2. The van der Waals surface area contributed by atoms with Gasteiger partial charge < -0.3 is 73.9 Å². The van der Waals surface area contributed by atoms with E-state index in [2.05, 4.69) is 28.1 Å². The number of hydrogen-bond acceptors (Lipinski definition) is 14. The van der Waals surface area contributed by atoms with Crippen LogP contribution in [0.2, 0.25) is 0 Å². The monoisotopic (exact) mass is 965 g/mol. The summed E-state index contributed by atoms with van der Waals surface area (Å²) in [4.78, 5) is 71.2. The SMILES string of the molecule is CC(C)Oc1c(NC(=O)c2ccc(NC(=O)c3ccc(NC(=O)CC(O)C(N)=O)cc3)c(OC(C)C)c2O)ccc(C(=O)O)c1O.C[O-].NC(=O)c1ccc(N)cc1.NCCc1ccccc1.[K+]. The van der Waals surface area contributed by atoms with Gasteiger partial charge in [-0.3, -0.25) is 24.0 Å². The number of anilines is 4. The molecule has 0 aliphatic carbocycles. The summed E-state index contributed by atoms with van der Waals surface area (Å²) in [5, 5.41) is 56.2. The third-order valence-corrected chi connectivity index (χ3v) is 8.55.